The Labute approximate surface area is 121 Å². The van der Waals surface area contributed by atoms with Crippen molar-refractivity contribution in [3.63, 3.8) is 0 Å². The Morgan fingerprint density at radius 2 is 2.10 bits per heavy atom. The highest BCUT2D eigenvalue weighted by Gasteiger charge is 2.15. The van der Waals surface area contributed by atoms with E-state index < -0.39 is 0 Å². The molecule has 2 aromatic heterocycles. The fourth-order valence-corrected chi connectivity index (χ4v) is 1.99. The zero-order valence-electron chi connectivity index (χ0n) is 11.7. The van der Waals surface area contributed by atoms with E-state index in [1.165, 1.54) is 0 Å². The maximum Gasteiger partial charge on any atom is 0.232 e. The summed E-state index contributed by atoms with van der Waals surface area (Å²) in [7, 11) is 1.81. The highest BCUT2D eigenvalue weighted by Crippen LogP contribution is 2.13. The van der Waals surface area contributed by atoms with Crippen LogP contribution in [-0.2, 0) is 18.3 Å². The van der Waals surface area contributed by atoms with Crippen molar-refractivity contribution < 1.29 is 4.74 Å². The molecule has 0 atom stereocenters. The highest BCUT2D eigenvalue weighted by atomic mass is 16.5. The fraction of sp³-hybridized carbons (Fsp3) is 0.545. The van der Waals surface area contributed by atoms with Gasteiger partial charge in [0.1, 0.15) is 6.33 Å². The van der Waals surface area contributed by atoms with Crippen molar-refractivity contribution in [2.24, 2.45) is 7.05 Å². The number of nitrogens with one attached hydrogen (secondary N) is 1. The number of morpholine rings is 1. The lowest BCUT2D eigenvalue weighted by atomic mass is 10.4. The number of nitrogens with two attached hydrogens (primary N) is 1. The van der Waals surface area contributed by atoms with E-state index in [0.717, 1.165) is 13.1 Å². The lowest BCUT2D eigenvalue weighted by molar-refractivity contribution is 0.122. The maximum atomic E-state index is 5.74. The van der Waals surface area contributed by atoms with E-state index in [0.29, 0.717) is 37.5 Å². The van der Waals surface area contributed by atoms with Crippen LogP contribution in [0.5, 0.6) is 0 Å². The third-order valence-corrected chi connectivity index (χ3v) is 2.99. The van der Waals surface area contributed by atoms with Crippen LogP contribution in [0.4, 0.5) is 17.8 Å². The minimum atomic E-state index is 0.183. The number of hydrogen-bond acceptors (Lipinski definition) is 9. The standard InChI is InChI=1S/C11H17N9O/c1-19-7-14-8(18-19)6-13-10-15-9(12)16-11(17-10)20-2-4-21-5-3-20/h7H,2-6H2,1H3,(H3,12,13,15,16,17). The van der Waals surface area contributed by atoms with Crippen LogP contribution in [0, 0.1) is 0 Å². The molecule has 0 spiro atoms. The third-order valence-electron chi connectivity index (χ3n) is 2.99. The Balaban J connectivity index is 1.71. The molecule has 0 radical (unpaired) electrons. The summed E-state index contributed by atoms with van der Waals surface area (Å²) in [5, 5.41) is 7.23. The van der Waals surface area contributed by atoms with Gasteiger partial charge in [0.2, 0.25) is 17.8 Å². The maximum absolute atomic E-state index is 5.74. The van der Waals surface area contributed by atoms with Gasteiger partial charge in [-0.15, -0.1) is 0 Å². The summed E-state index contributed by atoms with van der Waals surface area (Å²) in [6, 6.07) is 0. The number of hydrogen-bond donors (Lipinski definition) is 2. The van der Waals surface area contributed by atoms with E-state index in [1.807, 2.05) is 11.9 Å². The SMILES string of the molecule is Cn1cnc(CNc2nc(N)nc(N3CCOCC3)n2)n1. The molecule has 10 nitrogen and oxygen atoms in total. The van der Waals surface area contributed by atoms with Gasteiger partial charge in [0, 0.05) is 20.1 Å². The van der Waals surface area contributed by atoms with Crippen LogP contribution in [0.1, 0.15) is 5.82 Å². The predicted molar refractivity (Wildman–Crippen MR) is 75.6 cm³/mol. The van der Waals surface area contributed by atoms with Gasteiger partial charge in [-0.3, -0.25) is 4.68 Å². The quantitative estimate of drug-likeness (QED) is 0.733. The summed E-state index contributed by atoms with van der Waals surface area (Å²) in [6.07, 6.45) is 1.64. The molecule has 0 amide bonds. The molecular weight excluding hydrogens is 274 g/mol. The molecule has 0 bridgehead atoms. The third kappa shape index (κ3) is 3.34. The van der Waals surface area contributed by atoms with Gasteiger partial charge in [-0.2, -0.15) is 20.1 Å². The Kier molecular flexibility index (Phi) is 3.77. The summed E-state index contributed by atoms with van der Waals surface area (Å²) >= 11 is 0. The lowest BCUT2D eigenvalue weighted by Gasteiger charge is -2.26. The molecule has 1 aliphatic rings. The molecule has 10 heteroatoms. The number of rotatable bonds is 4. The first-order valence-corrected chi connectivity index (χ1v) is 6.63. The fourth-order valence-electron chi connectivity index (χ4n) is 1.99. The zero-order chi connectivity index (χ0) is 14.7. The van der Waals surface area contributed by atoms with Crippen LogP contribution in [0.15, 0.2) is 6.33 Å². The van der Waals surface area contributed by atoms with Gasteiger partial charge in [0.05, 0.1) is 19.8 Å². The van der Waals surface area contributed by atoms with Gasteiger partial charge >= 0.3 is 0 Å². The van der Waals surface area contributed by atoms with Gasteiger partial charge in [0.15, 0.2) is 5.82 Å². The molecule has 1 fully saturated rings. The number of nitrogens with zero attached hydrogens (tertiary/aromatic N) is 7. The summed E-state index contributed by atoms with van der Waals surface area (Å²) in [5.74, 6) is 1.81. The Hall–Kier alpha value is -2.49. The Morgan fingerprint density at radius 1 is 1.29 bits per heavy atom. The Morgan fingerprint density at radius 3 is 2.81 bits per heavy atom. The number of nitrogen functional groups attached to an aromatic ring is 1. The van der Waals surface area contributed by atoms with Crippen LogP contribution < -0.4 is 16.0 Å². The van der Waals surface area contributed by atoms with E-state index in [4.69, 9.17) is 10.5 Å². The lowest BCUT2D eigenvalue weighted by Crippen LogP contribution is -2.37. The first-order valence-electron chi connectivity index (χ1n) is 6.63. The minimum absolute atomic E-state index is 0.183. The molecule has 3 heterocycles. The van der Waals surface area contributed by atoms with Gasteiger partial charge in [-0.25, -0.2) is 4.98 Å². The van der Waals surface area contributed by atoms with E-state index >= 15 is 0 Å². The molecule has 1 aliphatic heterocycles. The van der Waals surface area contributed by atoms with E-state index in [9.17, 15) is 0 Å². The zero-order valence-corrected chi connectivity index (χ0v) is 11.7. The molecule has 0 aromatic carbocycles. The molecule has 3 N–H and O–H groups in total. The van der Waals surface area contributed by atoms with Crippen LogP contribution in [0.2, 0.25) is 0 Å². The van der Waals surface area contributed by atoms with Crippen molar-refractivity contribution in [1.82, 2.24) is 29.7 Å². The number of aromatic nitrogens is 6. The molecule has 21 heavy (non-hydrogen) atoms. The Bertz CT molecular complexity index is 607. The van der Waals surface area contributed by atoms with Gasteiger partial charge in [-0.05, 0) is 0 Å². The minimum Gasteiger partial charge on any atom is -0.378 e. The van der Waals surface area contributed by atoms with Crippen LogP contribution in [0.3, 0.4) is 0 Å². The van der Waals surface area contributed by atoms with Crippen molar-refractivity contribution >= 4 is 17.8 Å². The van der Waals surface area contributed by atoms with Gasteiger partial charge in [-0.1, -0.05) is 0 Å². The average molecular weight is 291 g/mol. The number of aryl methyl sites for hydroxylation is 1. The second kappa shape index (κ2) is 5.87. The van der Waals surface area contributed by atoms with E-state index in [2.05, 4.69) is 30.4 Å². The van der Waals surface area contributed by atoms with Crippen molar-refractivity contribution in [2.75, 3.05) is 42.3 Å². The molecule has 0 aliphatic carbocycles. The smallest absolute Gasteiger partial charge is 0.232 e. The molecule has 2 aromatic rings. The first-order chi connectivity index (χ1) is 10.2. The second-order valence-electron chi connectivity index (χ2n) is 4.60. The van der Waals surface area contributed by atoms with Crippen molar-refractivity contribution in [2.45, 2.75) is 6.54 Å². The van der Waals surface area contributed by atoms with Crippen LogP contribution in [-0.4, -0.2) is 56.0 Å². The largest absolute Gasteiger partial charge is 0.378 e. The van der Waals surface area contributed by atoms with Crippen molar-refractivity contribution in [1.29, 1.82) is 0 Å². The van der Waals surface area contributed by atoms with E-state index in [1.54, 1.807) is 11.0 Å². The topological polar surface area (TPSA) is 120 Å². The molecule has 1 saturated heterocycles. The average Bonchev–Trinajstić information content (AvgIpc) is 2.91. The van der Waals surface area contributed by atoms with E-state index in [-0.39, 0.29) is 5.95 Å². The summed E-state index contributed by atoms with van der Waals surface area (Å²) in [5.41, 5.74) is 5.74. The normalized spacial score (nSPS) is 15.2. The second-order valence-corrected chi connectivity index (χ2v) is 4.60. The summed E-state index contributed by atoms with van der Waals surface area (Å²) in [4.78, 5) is 18.8. The van der Waals surface area contributed by atoms with Gasteiger partial charge < -0.3 is 20.7 Å². The van der Waals surface area contributed by atoms with Crippen LogP contribution >= 0.6 is 0 Å². The molecule has 0 unspecified atom stereocenters. The molecule has 3 rings (SSSR count). The molecular formula is C11H17N9O. The van der Waals surface area contributed by atoms with Crippen molar-refractivity contribution in [3.8, 4) is 0 Å². The number of anilines is 3. The monoisotopic (exact) mass is 291 g/mol. The van der Waals surface area contributed by atoms with Crippen LogP contribution in [0.25, 0.3) is 0 Å². The molecule has 112 valence electrons. The van der Waals surface area contributed by atoms with Gasteiger partial charge in [0.25, 0.3) is 0 Å². The predicted octanol–water partition coefficient (Wildman–Crippen LogP) is -0.969. The summed E-state index contributed by atoms with van der Waals surface area (Å²) < 4.78 is 6.95. The summed E-state index contributed by atoms with van der Waals surface area (Å²) in [6.45, 7) is 3.22. The highest BCUT2D eigenvalue weighted by molar-refractivity contribution is 5.42. The molecule has 0 saturated carbocycles. The first kappa shape index (κ1) is 13.5. The number of ether oxygens (including phenoxy) is 1. The van der Waals surface area contributed by atoms with Crippen molar-refractivity contribution in [3.05, 3.63) is 12.2 Å².